The molecule has 0 saturated heterocycles. The summed E-state index contributed by atoms with van der Waals surface area (Å²) in [6, 6.07) is 10.8. The van der Waals surface area contributed by atoms with Crippen LogP contribution in [0, 0.1) is 5.82 Å². The first kappa shape index (κ1) is 26.6. The van der Waals surface area contributed by atoms with Gasteiger partial charge in [-0.05, 0) is 48.4 Å². The van der Waals surface area contributed by atoms with Gasteiger partial charge in [-0.2, -0.15) is 12.7 Å². The highest BCUT2D eigenvalue weighted by molar-refractivity contribution is 7.90. The first-order valence-electron chi connectivity index (χ1n) is 10.2. The fourth-order valence-corrected chi connectivity index (χ4v) is 4.38. The molecule has 0 heterocycles. The second-order valence-corrected chi connectivity index (χ2v) is 9.96. The third-order valence-corrected chi connectivity index (χ3v) is 7.10. The molecule has 2 aromatic carbocycles. The van der Waals surface area contributed by atoms with Gasteiger partial charge in [0.05, 0.1) is 5.69 Å². The van der Waals surface area contributed by atoms with Gasteiger partial charge in [0.2, 0.25) is 11.8 Å². The lowest BCUT2D eigenvalue weighted by Gasteiger charge is -2.33. The predicted molar refractivity (Wildman–Crippen MR) is 127 cm³/mol. The fraction of sp³-hybridized carbons (Fsp3) is 0.364. The summed E-state index contributed by atoms with van der Waals surface area (Å²) in [6.45, 7) is 1.25. The molecule has 0 fully saturated rings. The van der Waals surface area contributed by atoms with E-state index in [0.717, 1.165) is 26.3 Å². The number of likely N-dealkylation sites (N-methyl/N-ethyl adjacent to an activating group) is 1. The van der Waals surface area contributed by atoms with E-state index in [0.29, 0.717) is 11.4 Å². The molecule has 0 aliphatic carbocycles. The van der Waals surface area contributed by atoms with Crippen molar-refractivity contribution in [1.29, 1.82) is 0 Å². The van der Waals surface area contributed by atoms with Crippen molar-refractivity contribution in [3.63, 3.8) is 0 Å². The Bertz CT molecular complexity index is 1060. The Hall–Kier alpha value is -2.69. The van der Waals surface area contributed by atoms with Gasteiger partial charge in [0.1, 0.15) is 18.4 Å². The maximum atomic E-state index is 13.5. The molecule has 1 N–H and O–H groups in total. The predicted octanol–water partition coefficient (Wildman–Crippen LogP) is 2.65. The summed E-state index contributed by atoms with van der Waals surface area (Å²) in [7, 11) is 0.0471. The number of benzene rings is 2. The number of anilines is 1. The Morgan fingerprint density at radius 1 is 1.06 bits per heavy atom. The minimum atomic E-state index is -4.09. The van der Waals surface area contributed by atoms with Crippen LogP contribution in [-0.4, -0.2) is 63.2 Å². The summed E-state index contributed by atoms with van der Waals surface area (Å²) in [5.41, 5.74) is 0.844. The molecule has 2 amide bonds. The van der Waals surface area contributed by atoms with Crippen molar-refractivity contribution in [2.45, 2.75) is 25.9 Å². The van der Waals surface area contributed by atoms with Crippen molar-refractivity contribution in [3.05, 3.63) is 64.9 Å². The average Bonchev–Trinajstić information content (AvgIpc) is 2.78. The van der Waals surface area contributed by atoms with Gasteiger partial charge in [0, 0.05) is 32.7 Å². The van der Waals surface area contributed by atoms with Crippen LogP contribution in [0.15, 0.2) is 48.5 Å². The van der Waals surface area contributed by atoms with Crippen LogP contribution in [0.5, 0.6) is 0 Å². The number of nitrogens with zero attached hydrogens (tertiary/aromatic N) is 3. The number of carbonyl (C=O) groups is 2. The summed E-state index contributed by atoms with van der Waals surface area (Å²) < 4.78 is 41.3. The van der Waals surface area contributed by atoms with Gasteiger partial charge in [0.25, 0.3) is 0 Å². The van der Waals surface area contributed by atoms with Crippen molar-refractivity contribution < 1.29 is 22.4 Å². The van der Waals surface area contributed by atoms with E-state index in [2.05, 4.69) is 5.32 Å². The van der Waals surface area contributed by atoms with Gasteiger partial charge in [-0.15, -0.1) is 0 Å². The monoisotopic (exact) mass is 498 g/mol. The van der Waals surface area contributed by atoms with Crippen molar-refractivity contribution in [3.8, 4) is 0 Å². The summed E-state index contributed by atoms with van der Waals surface area (Å²) in [6.07, 6.45) is 0.315. The topological polar surface area (TPSA) is 90.0 Å². The first-order valence-corrected chi connectivity index (χ1v) is 12.0. The molecule has 33 heavy (non-hydrogen) atoms. The van der Waals surface area contributed by atoms with E-state index in [4.69, 9.17) is 11.6 Å². The SMILES string of the molecule is CCC(C(=O)NC)N(Cc1ccc(Cl)cc1)C(=O)CN(c1ccc(F)cc1)S(=O)(=O)N(C)C. The Morgan fingerprint density at radius 2 is 1.64 bits per heavy atom. The van der Waals surface area contributed by atoms with Gasteiger partial charge in [-0.3, -0.25) is 9.59 Å². The lowest BCUT2D eigenvalue weighted by Crippen LogP contribution is -2.52. The molecule has 0 aromatic heterocycles. The largest absolute Gasteiger partial charge is 0.357 e. The molecule has 0 saturated carbocycles. The molecule has 1 atom stereocenters. The number of carbonyl (C=O) groups excluding carboxylic acids is 2. The van der Waals surface area contributed by atoms with Crippen LogP contribution in [0.3, 0.4) is 0 Å². The second kappa shape index (κ2) is 11.4. The molecule has 0 spiro atoms. The Morgan fingerprint density at radius 3 is 2.12 bits per heavy atom. The number of rotatable bonds is 10. The number of halogens is 2. The zero-order valence-corrected chi connectivity index (χ0v) is 20.5. The third-order valence-electron chi connectivity index (χ3n) is 5.03. The molecule has 1 unspecified atom stereocenters. The molecule has 180 valence electrons. The zero-order chi connectivity index (χ0) is 24.8. The van der Waals surface area contributed by atoms with Crippen LogP contribution in [0.4, 0.5) is 10.1 Å². The molecule has 0 aliphatic rings. The quantitative estimate of drug-likeness (QED) is 0.545. The third kappa shape index (κ3) is 6.66. The van der Waals surface area contributed by atoms with E-state index in [1.165, 1.54) is 38.2 Å². The molecule has 0 aliphatic heterocycles. The lowest BCUT2D eigenvalue weighted by atomic mass is 10.1. The van der Waals surface area contributed by atoms with Crippen molar-refractivity contribution >= 4 is 39.3 Å². The van der Waals surface area contributed by atoms with E-state index >= 15 is 0 Å². The van der Waals surface area contributed by atoms with Gasteiger partial charge in [-0.1, -0.05) is 30.7 Å². The zero-order valence-electron chi connectivity index (χ0n) is 19.0. The Labute approximate surface area is 199 Å². The lowest BCUT2D eigenvalue weighted by molar-refractivity contribution is -0.140. The smallest absolute Gasteiger partial charge is 0.304 e. The maximum absolute atomic E-state index is 13.5. The number of amides is 2. The Kier molecular flexibility index (Phi) is 9.21. The molecule has 0 radical (unpaired) electrons. The number of hydrogen-bond donors (Lipinski definition) is 1. The van der Waals surface area contributed by atoms with Gasteiger partial charge in [0.15, 0.2) is 0 Å². The number of hydrogen-bond acceptors (Lipinski definition) is 4. The van der Waals surface area contributed by atoms with Gasteiger partial charge < -0.3 is 10.2 Å². The van der Waals surface area contributed by atoms with E-state index in [1.807, 2.05) is 0 Å². The van der Waals surface area contributed by atoms with E-state index < -0.39 is 34.5 Å². The minimum Gasteiger partial charge on any atom is -0.357 e. The Balaban J connectivity index is 2.47. The maximum Gasteiger partial charge on any atom is 0.304 e. The van der Waals surface area contributed by atoms with Crippen LogP contribution < -0.4 is 9.62 Å². The average molecular weight is 499 g/mol. The summed E-state index contributed by atoms with van der Waals surface area (Å²) >= 11 is 5.95. The van der Waals surface area contributed by atoms with Crippen LogP contribution >= 0.6 is 11.6 Å². The highest BCUT2D eigenvalue weighted by atomic mass is 35.5. The van der Waals surface area contributed by atoms with Crippen LogP contribution in [0.1, 0.15) is 18.9 Å². The summed E-state index contributed by atoms with van der Waals surface area (Å²) in [4.78, 5) is 27.3. The highest BCUT2D eigenvalue weighted by Gasteiger charge is 2.33. The second-order valence-electron chi connectivity index (χ2n) is 7.46. The molecular weight excluding hydrogens is 471 g/mol. The molecule has 8 nitrogen and oxygen atoms in total. The molecule has 2 rings (SSSR count). The van der Waals surface area contributed by atoms with E-state index in [-0.39, 0.29) is 18.1 Å². The van der Waals surface area contributed by atoms with E-state index in [1.54, 1.807) is 31.2 Å². The standard InChI is InChI=1S/C22H28ClFN4O4S/c1-5-20(22(30)25-2)27(14-16-6-8-17(23)9-7-16)21(29)15-28(33(31,32)26(3)4)19-12-10-18(24)11-13-19/h6-13,20H,5,14-15H2,1-4H3,(H,25,30). The fourth-order valence-electron chi connectivity index (χ4n) is 3.20. The van der Waals surface area contributed by atoms with E-state index in [9.17, 15) is 22.4 Å². The van der Waals surface area contributed by atoms with Crippen LogP contribution in [0.2, 0.25) is 5.02 Å². The van der Waals surface area contributed by atoms with Crippen molar-refractivity contribution in [1.82, 2.24) is 14.5 Å². The normalized spacial score (nSPS) is 12.3. The van der Waals surface area contributed by atoms with Crippen LogP contribution in [0.25, 0.3) is 0 Å². The van der Waals surface area contributed by atoms with Gasteiger partial charge in [-0.25, -0.2) is 8.70 Å². The minimum absolute atomic E-state index is 0.0706. The number of nitrogens with one attached hydrogen (secondary N) is 1. The molecule has 11 heteroatoms. The summed E-state index contributed by atoms with van der Waals surface area (Å²) in [5.74, 6) is -1.50. The van der Waals surface area contributed by atoms with Gasteiger partial charge >= 0.3 is 10.2 Å². The first-order chi connectivity index (χ1) is 15.5. The van der Waals surface area contributed by atoms with Crippen molar-refractivity contribution in [2.24, 2.45) is 0 Å². The highest BCUT2D eigenvalue weighted by Crippen LogP contribution is 2.22. The molecule has 2 aromatic rings. The summed E-state index contributed by atoms with van der Waals surface area (Å²) in [5, 5.41) is 3.07. The van der Waals surface area contributed by atoms with Crippen molar-refractivity contribution in [2.75, 3.05) is 32.0 Å². The molecule has 0 bridgehead atoms. The molecular formula is C22H28ClFN4O4S. The van der Waals surface area contributed by atoms with Crippen LogP contribution in [-0.2, 0) is 26.3 Å².